The van der Waals surface area contributed by atoms with Crippen molar-refractivity contribution in [3.05, 3.63) is 36.2 Å². The van der Waals surface area contributed by atoms with E-state index in [9.17, 15) is 5.11 Å². The van der Waals surface area contributed by atoms with Crippen molar-refractivity contribution in [2.45, 2.75) is 75.9 Å². The van der Waals surface area contributed by atoms with E-state index in [-0.39, 0.29) is 30.6 Å². The molecule has 2 aliphatic carbocycles. The van der Waals surface area contributed by atoms with Gasteiger partial charge in [0.1, 0.15) is 5.75 Å². The first-order valence-electron chi connectivity index (χ1n) is 11.9. The smallest absolute Gasteiger partial charge is 0.227 e. The number of hydrogen-bond acceptors (Lipinski definition) is 7. The Morgan fingerprint density at radius 3 is 2.38 bits per heavy atom. The Kier molecular flexibility index (Phi) is 9.22. The number of rotatable bonds is 7. The summed E-state index contributed by atoms with van der Waals surface area (Å²) in [5, 5.41) is 16.6. The van der Waals surface area contributed by atoms with Gasteiger partial charge in [0, 0.05) is 24.7 Å². The number of phenols is 1. The van der Waals surface area contributed by atoms with Crippen LogP contribution in [-0.2, 0) is 6.42 Å². The number of benzene rings is 1. The van der Waals surface area contributed by atoms with Crippen molar-refractivity contribution < 1.29 is 5.11 Å². The van der Waals surface area contributed by atoms with E-state index in [0.29, 0.717) is 24.1 Å². The number of halogens is 2. The quantitative estimate of drug-likeness (QED) is 0.362. The molecule has 3 aromatic rings. The number of nitrogens with zero attached hydrogens (tertiary/aromatic N) is 4. The number of fused-ring (bicyclic) bond motifs is 1. The number of nitrogens with two attached hydrogens (primary N) is 1. The summed E-state index contributed by atoms with van der Waals surface area (Å²) < 4.78 is 2.25. The number of aromatic hydroxyl groups is 1. The summed E-state index contributed by atoms with van der Waals surface area (Å²) in [6.45, 7) is 0.727. The van der Waals surface area contributed by atoms with Crippen LogP contribution in [0.3, 0.4) is 0 Å². The Hall–Kier alpha value is -2.29. The fraction of sp³-hybridized carbons (Fsp3) is 0.542. The summed E-state index contributed by atoms with van der Waals surface area (Å²) in [5.74, 6) is 1.74. The van der Waals surface area contributed by atoms with Gasteiger partial charge in [-0.3, -0.25) is 0 Å². The van der Waals surface area contributed by atoms with Gasteiger partial charge >= 0.3 is 0 Å². The summed E-state index contributed by atoms with van der Waals surface area (Å²) in [4.78, 5) is 14.4. The van der Waals surface area contributed by atoms with Crippen molar-refractivity contribution in [3.8, 4) is 5.75 Å². The van der Waals surface area contributed by atoms with Gasteiger partial charge in [-0.15, -0.1) is 24.8 Å². The molecule has 34 heavy (non-hydrogen) atoms. The molecule has 0 radical (unpaired) electrons. The van der Waals surface area contributed by atoms with Crippen LogP contribution in [0.5, 0.6) is 5.75 Å². The molecule has 1 aromatic carbocycles. The first-order chi connectivity index (χ1) is 15.7. The third-order valence-electron chi connectivity index (χ3n) is 6.89. The lowest BCUT2D eigenvalue weighted by Crippen LogP contribution is -2.33. The van der Waals surface area contributed by atoms with Crippen LogP contribution in [0.15, 0.2) is 30.6 Å². The lowest BCUT2D eigenvalue weighted by atomic mass is 9.92. The first-order valence-corrected chi connectivity index (χ1v) is 11.9. The highest BCUT2D eigenvalue weighted by atomic mass is 35.5. The SMILES string of the molecule is Cl.Cl.N[C@H]1CC[C@H](Nc2nc(NCCc3ccc(O)cc3)c3ncn(C4CCCC4)c3n2)CC1. The van der Waals surface area contributed by atoms with Gasteiger partial charge in [-0.05, 0) is 62.6 Å². The van der Waals surface area contributed by atoms with Gasteiger partial charge in [0.15, 0.2) is 17.0 Å². The van der Waals surface area contributed by atoms with Gasteiger partial charge in [-0.1, -0.05) is 25.0 Å². The summed E-state index contributed by atoms with van der Waals surface area (Å²) in [7, 11) is 0. The van der Waals surface area contributed by atoms with Gasteiger partial charge in [0.25, 0.3) is 0 Å². The lowest BCUT2D eigenvalue weighted by molar-refractivity contribution is 0.410. The highest BCUT2D eigenvalue weighted by Crippen LogP contribution is 2.33. The van der Waals surface area contributed by atoms with Crippen LogP contribution in [0.4, 0.5) is 11.8 Å². The second-order valence-corrected chi connectivity index (χ2v) is 9.26. The molecule has 0 bridgehead atoms. The molecule has 0 unspecified atom stereocenters. The molecule has 0 spiro atoms. The van der Waals surface area contributed by atoms with Crippen molar-refractivity contribution in [2.24, 2.45) is 5.73 Å². The molecule has 186 valence electrons. The predicted octanol–water partition coefficient (Wildman–Crippen LogP) is 4.83. The maximum atomic E-state index is 9.49. The van der Waals surface area contributed by atoms with Crippen LogP contribution in [-0.4, -0.2) is 43.3 Å². The predicted molar refractivity (Wildman–Crippen MR) is 141 cm³/mol. The molecule has 5 rings (SSSR count). The molecule has 8 nitrogen and oxygen atoms in total. The third-order valence-corrected chi connectivity index (χ3v) is 6.89. The van der Waals surface area contributed by atoms with E-state index < -0.39 is 0 Å². The standard InChI is InChI=1S/C24H33N7O.2ClH/c25-17-7-9-18(10-8-17)28-24-29-22(26-14-13-16-5-11-20(32)12-6-16)21-23(30-24)31(15-27-21)19-3-1-2-4-19;;/h5-6,11-12,15,17-19,32H,1-4,7-10,13-14,25H2,(H2,26,28,29,30);2*1H/t17-,18-;;. The molecule has 0 aliphatic heterocycles. The average molecular weight is 508 g/mol. The highest BCUT2D eigenvalue weighted by Gasteiger charge is 2.23. The maximum absolute atomic E-state index is 9.49. The molecule has 0 atom stereocenters. The van der Waals surface area contributed by atoms with Crippen LogP contribution >= 0.6 is 24.8 Å². The second-order valence-electron chi connectivity index (χ2n) is 9.26. The van der Waals surface area contributed by atoms with E-state index in [4.69, 9.17) is 20.7 Å². The summed E-state index contributed by atoms with van der Waals surface area (Å²) in [6.07, 6.45) is 11.8. The Bertz CT molecular complexity index is 1050. The third kappa shape index (κ3) is 6.03. The number of imidazole rings is 1. The molecule has 5 N–H and O–H groups in total. The highest BCUT2D eigenvalue weighted by molar-refractivity contribution is 5.86. The lowest BCUT2D eigenvalue weighted by Gasteiger charge is -2.27. The van der Waals surface area contributed by atoms with Crippen molar-refractivity contribution >= 4 is 47.7 Å². The minimum Gasteiger partial charge on any atom is -0.508 e. The van der Waals surface area contributed by atoms with E-state index in [1.54, 1.807) is 12.1 Å². The Morgan fingerprint density at radius 1 is 0.971 bits per heavy atom. The number of anilines is 2. The van der Waals surface area contributed by atoms with Crippen LogP contribution in [0.1, 0.15) is 63.0 Å². The summed E-state index contributed by atoms with van der Waals surface area (Å²) in [6, 6.07) is 8.49. The first kappa shape index (κ1) is 26.3. The molecular weight excluding hydrogens is 473 g/mol. The van der Waals surface area contributed by atoms with E-state index >= 15 is 0 Å². The van der Waals surface area contributed by atoms with Gasteiger partial charge in [-0.25, -0.2) is 4.98 Å². The summed E-state index contributed by atoms with van der Waals surface area (Å²) >= 11 is 0. The summed E-state index contributed by atoms with van der Waals surface area (Å²) in [5.41, 5.74) is 8.99. The van der Waals surface area contributed by atoms with Crippen molar-refractivity contribution in [3.63, 3.8) is 0 Å². The van der Waals surface area contributed by atoms with Gasteiger partial charge in [-0.2, -0.15) is 9.97 Å². The minimum atomic E-state index is 0. The van der Waals surface area contributed by atoms with Crippen LogP contribution < -0.4 is 16.4 Å². The van der Waals surface area contributed by atoms with Crippen LogP contribution in [0.2, 0.25) is 0 Å². The van der Waals surface area contributed by atoms with Crippen LogP contribution in [0, 0.1) is 0 Å². The van der Waals surface area contributed by atoms with E-state index in [0.717, 1.165) is 61.2 Å². The average Bonchev–Trinajstić information content (AvgIpc) is 3.46. The molecule has 0 amide bonds. The maximum Gasteiger partial charge on any atom is 0.227 e. The molecular formula is C24H35Cl2N7O. The molecule has 2 aliphatic rings. The topological polar surface area (TPSA) is 114 Å². The fourth-order valence-corrected chi connectivity index (χ4v) is 4.99. The minimum absolute atomic E-state index is 0. The number of hydrogen-bond donors (Lipinski definition) is 4. The normalized spacial score (nSPS) is 20.5. The monoisotopic (exact) mass is 507 g/mol. The van der Waals surface area contributed by atoms with Gasteiger partial charge in [0.2, 0.25) is 5.95 Å². The fourth-order valence-electron chi connectivity index (χ4n) is 4.99. The second kappa shape index (κ2) is 11.9. The zero-order valence-corrected chi connectivity index (χ0v) is 21.0. The molecule has 0 saturated heterocycles. The Morgan fingerprint density at radius 2 is 1.68 bits per heavy atom. The molecule has 2 saturated carbocycles. The number of phenolic OH excluding ortho intramolecular Hbond substituents is 1. The van der Waals surface area contributed by atoms with Crippen LogP contribution in [0.25, 0.3) is 11.2 Å². The Labute approximate surface area is 213 Å². The molecule has 2 aromatic heterocycles. The Balaban J connectivity index is 0.00000162. The molecule has 2 heterocycles. The van der Waals surface area contributed by atoms with Crippen molar-refractivity contribution in [1.29, 1.82) is 0 Å². The number of aromatic nitrogens is 4. The zero-order chi connectivity index (χ0) is 21.9. The van der Waals surface area contributed by atoms with Crippen molar-refractivity contribution in [1.82, 2.24) is 19.5 Å². The van der Waals surface area contributed by atoms with E-state index in [1.165, 1.54) is 25.7 Å². The van der Waals surface area contributed by atoms with Gasteiger partial charge in [0.05, 0.1) is 6.33 Å². The van der Waals surface area contributed by atoms with E-state index in [2.05, 4.69) is 15.2 Å². The largest absolute Gasteiger partial charge is 0.508 e. The van der Waals surface area contributed by atoms with Crippen molar-refractivity contribution in [2.75, 3.05) is 17.2 Å². The zero-order valence-electron chi connectivity index (χ0n) is 19.3. The van der Waals surface area contributed by atoms with E-state index in [1.807, 2.05) is 18.5 Å². The molecule has 10 heteroatoms. The number of nitrogens with one attached hydrogen (secondary N) is 2. The molecule has 2 fully saturated rings. The van der Waals surface area contributed by atoms with Gasteiger partial charge < -0.3 is 26.0 Å².